The molecule has 0 radical (unpaired) electrons. The van der Waals surface area contributed by atoms with Crippen LogP contribution in [0.1, 0.15) is 28.8 Å². The van der Waals surface area contributed by atoms with Gasteiger partial charge in [-0.25, -0.2) is 0 Å². The van der Waals surface area contributed by atoms with Crippen LogP contribution >= 0.6 is 0 Å². The summed E-state index contributed by atoms with van der Waals surface area (Å²) >= 11 is 0. The first kappa shape index (κ1) is 18.3. The minimum atomic E-state index is -0.0487. The first-order valence-corrected chi connectivity index (χ1v) is 8.99. The number of rotatable bonds is 6. The number of carbonyl (C=O) groups excluding carboxylic acids is 1. The molecule has 0 bridgehead atoms. The summed E-state index contributed by atoms with van der Waals surface area (Å²) in [5.74, 6) is 0.159. The van der Waals surface area contributed by atoms with Crippen LogP contribution in [-0.4, -0.2) is 49.3 Å². The Bertz CT molecular complexity index is 754. The van der Waals surface area contributed by atoms with E-state index in [4.69, 9.17) is 4.74 Å². The highest BCUT2D eigenvalue weighted by Gasteiger charge is 2.24. The molecular formula is C21H26N2O3. The number of phenols is 1. The van der Waals surface area contributed by atoms with Gasteiger partial charge in [-0.15, -0.1) is 0 Å². The van der Waals surface area contributed by atoms with Gasteiger partial charge in [0.25, 0.3) is 5.91 Å². The van der Waals surface area contributed by atoms with Crippen LogP contribution in [0.3, 0.4) is 0 Å². The van der Waals surface area contributed by atoms with Gasteiger partial charge in [-0.2, -0.15) is 0 Å². The second kappa shape index (κ2) is 8.23. The van der Waals surface area contributed by atoms with Gasteiger partial charge in [0.1, 0.15) is 5.75 Å². The maximum absolute atomic E-state index is 13.2. The van der Waals surface area contributed by atoms with Gasteiger partial charge in [0, 0.05) is 50.6 Å². The molecule has 5 nitrogen and oxygen atoms in total. The standard InChI is InChI=1S/C21H26N2O3/c1-22(2)18-9-5-8-16(13-18)21(25)23(15-19-10-6-12-26-19)14-17-7-3-4-11-20(17)24/h3-5,7-9,11,13,19,24H,6,10,12,14-15H2,1-2H3. The smallest absolute Gasteiger partial charge is 0.254 e. The highest BCUT2D eigenvalue weighted by Crippen LogP contribution is 2.23. The van der Waals surface area contributed by atoms with Crippen LogP contribution in [0.15, 0.2) is 48.5 Å². The molecule has 1 unspecified atom stereocenters. The lowest BCUT2D eigenvalue weighted by Crippen LogP contribution is -2.37. The fourth-order valence-corrected chi connectivity index (χ4v) is 3.20. The average molecular weight is 354 g/mol. The van der Waals surface area contributed by atoms with E-state index in [9.17, 15) is 9.90 Å². The van der Waals surface area contributed by atoms with Gasteiger partial charge in [0.15, 0.2) is 0 Å². The van der Waals surface area contributed by atoms with E-state index in [0.29, 0.717) is 18.7 Å². The molecule has 1 heterocycles. The van der Waals surface area contributed by atoms with Crippen molar-refractivity contribution < 1.29 is 14.6 Å². The number of phenolic OH excluding ortho intramolecular Hbond substituents is 1. The summed E-state index contributed by atoms with van der Waals surface area (Å²) < 4.78 is 5.73. The van der Waals surface area contributed by atoms with Crippen LogP contribution in [0, 0.1) is 0 Å². The largest absolute Gasteiger partial charge is 0.508 e. The first-order valence-electron chi connectivity index (χ1n) is 8.99. The number of ether oxygens (including phenoxy) is 1. The summed E-state index contributed by atoms with van der Waals surface area (Å²) in [6.07, 6.45) is 2.05. The van der Waals surface area contributed by atoms with Crippen molar-refractivity contribution in [2.45, 2.75) is 25.5 Å². The predicted octanol–water partition coefficient (Wildman–Crippen LogP) is 3.28. The lowest BCUT2D eigenvalue weighted by atomic mass is 10.1. The number of anilines is 1. The van der Waals surface area contributed by atoms with Crippen molar-refractivity contribution in [1.82, 2.24) is 4.90 Å². The van der Waals surface area contributed by atoms with E-state index < -0.39 is 0 Å². The quantitative estimate of drug-likeness (QED) is 0.865. The number of hydrogen-bond donors (Lipinski definition) is 1. The van der Waals surface area contributed by atoms with E-state index in [2.05, 4.69) is 0 Å². The Kier molecular flexibility index (Phi) is 5.78. The van der Waals surface area contributed by atoms with Gasteiger partial charge in [-0.3, -0.25) is 4.79 Å². The Balaban J connectivity index is 1.85. The van der Waals surface area contributed by atoms with Crippen LogP contribution in [0.25, 0.3) is 0 Å². The van der Waals surface area contributed by atoms with Crippen molar-refractivity contribution in [3.63, 3.8) is 0 Å². The highest BCUT2D eigenvalue weighted by atomic mass is 16.5. The molecule has 3 rings (SSSR count). The zero-order valence-electron chi connectivity index (χ0n) is 15.4. The molecule has 1 amide bonds. The van der Waals surface area contributed by atoms with E-state index in [1.807, 2.05) is 55.4 Å². The zero-order chi connectivity index (χ0) is 18.5. The summed E-state index contributed by atoms with van der Waals surface area (Å²) in [5, 5.41) is 10.1. The highest BCUT2D eigenvalue weighted by molar-refractivity contribution is 5.95. The fraction of sp³-hybridized carbons (Fsp3) is 0.381. The number of para-hydroxylation sites is 1. The third kappa shape index (κ3) is 4.35. The van der Waals surface area contributed by atoms with Crippen LogP contribution in [0.4, 0.5) is 5.69 Å². The van der Waals surface area contributed by atoms with Gasteiger partial charge in [-0.1, -0.05) is 24.3 Å². The molecule has 1 saturated heterocycles. The van der Waals surface area contributed by atoms with Gasteiger partial charge in [-0.05, 0) is 37.1 Å². The maximum Gasteiger partial charge on any atom is 0.254 e. The molecule has 0 aromatic heterocycles. The van der Waals surface area contributed by atoms with Crippen LogP contribution in [0.5, 0.6) is 5.75 Å². The third-order valence-electron chi connectivity index (χ3n) is 4.70. The molecule has 5 heteroatoms. The molecule has 1 aliphatic rings. The molecule has 2 aromatic rings. The van der Waals surface area contributed by atoms with Gasteiger partial charge >= 0.3 is 0 Å². The average Bonchev–Trinajstić information content (AvgIpc) is 3.15. The predicted molar refractivity (Wildman–Crippen MR) is 103 cm³/mol. The monoisotopic (exact) mass is 354 g/mol. The summed E-state index contributed by atoms with van der Waals surface area (Å²) in [7, 11) is 3.91. The van der Waals surface area contributed by atoms with E-state index in [1.54, 1.807) is 17.0 Å². The SMILES string of the molecule is CN(C)c1cccc(C(=O)N(Cc2ccccc2O)CC2CCCO2)c1. The van der Waals surface area contributed by atoms with E-state index in [-0.39, 0.29) is 17.8 Å². The Morgan fingerprint density at radius 2 is 2.00 bits per heavy atom. The van der Waals surface area contributed by atoms with E-state index >= 15 is 0 Å². The van der Waals surface area contributed by atoms with E-state index in [0.717, 1.165) is 30.7 Å². The Morgan fingerprint density at radius 3 is 2.69 bits per heavy atom. The second-order valence-electron chi connectivity index (χ2n) is 6.89. The van der Waals surface area contributed by atoms with Crippen LogP contribution in [0.2, 0.25) is 0 Å². The number of nitrogens with zero attached hydrogens (tertiary/aromatic N) is 2. The zero-order valence-corrected chi connectivity index (χ0v) is 15.4. The minimum absolute atomic E-state index is 0.0487. The molecule has 1 atom stereocenters. The van der Waals surface area contributed by atoms with Crippen LogP contribution < -0.4 is 4.90 Å². The van der Waals surface area contributed by atoms with Crippen molar-refractivity contribution in [3.8, 4) is 5.75 Å². The molecule has 0 spiro atoms. The van der Waals surface area contributed by atoms with Gasteiger partial charge in [0.2, 0.25) is 0 Å². The molecule has 138 valence electrons. The van der Waals surface area contributed by atoms with Crippen molar-refractivity contribution >= 4 is 11.6 Å². The first-order chi connectivity index (χ1) is 12.5. The summed E-state index contributed by atoms with van der Waals surface area (Å²) in [6.45, 7) is 1.64. The third-order valence-corrected chi connectivity index (χ3v) is 4.70. The lowest BCUT2D eigenvalue weighted by Gasteiger charge is -2.26. The van der Waals surface area contributed by atoms with Crippen molar-refractivity contribution in [2.75, 3.05) is 32.1 Å². The molecule has 0 saturated carbocycles. The number of carbonyl (C=O) groups is 1. The van der Waals surface area contributed by atoms with Crippen molar-refractivity contribution in [2.24, 2.45) is 0 Å². The summed E-state index contributed by atoms with van der Waals surface area (Å²) in [5.41, 5.74) is 2.36. The Labute approximate surface area is 154 Å². The number of amides is 1. The molecule has 0 aliphatic carbocycles. The molecule has 1 N–H and O–H groups in total. The maximum atomic E-state index is 13.2. The molecule has 1 aliphatic heterocycles. The minimum Gasteiger partial charge on any atom is -0.508 e. The topological polar surface area (TPSA) is 53.0 Å². The van der Waals surface area contributed by atoms with Crippen molar-refractivity contribution in [1.29, 1.82) is 0 Å². The molecular weight excluding hydrogens is 328 g/mol. The Hall–Kier alpha value is -2.53. The lowest BCUT2D eigenvalue weighted by molar-refractivity contribution is 0.0506. The molecule has 1 fully saturated rings. The number of hydrogen-bond acceptors (Lipinski definition) is 4. The Morgan fingerprint density at radius 1 is 1.19 bits per heavy atom. The number of aromatic hydroxyl groups is 1. The molecule has 2 aromatic carbocycles. The van der Waals surface area contributed by atoms with Gasteiger partial charge in [0.05, 0.1) is 6.10 Å². The van der Waals surface area contributed by atoms with E-state index in [1.165, 1.54) is 0 Å². The normalized spacial score (nSPS) is 16.5. The number of benzene rings is 2. The molecule has 26 heavy (non-hydrogen) atoms. The summed E-state index contributed by atoms with van der Waals surface area (Å²) in [6, 6.07) is 14.8. The van der Waals surface area contributed by atoms with Gasteiger partial charge < -0.3 is 19.6 Å². The fourth-order valence-electron chi connectivity index (χ4n) is 3.20. The van der Waals surface area contributed by atoms with Crippen molar-refractivity contribution in [3.05, 3.63) is 59.7 Å². The summed E-state index contributed by atoms with van der Waals surface area (Å²) in [4.78, 5) is 16.9. The second-order valence-corrected chi connectivity index (χ2v) is 6.89. The van der Waals surface area contributed by atoms with Crippen LogP contribution in [-0.2, 0) is 11.3 Å².